The number of rotatable bonds is 10. The maximum absolute atomic E-state index is 13.7. The highest BCUT2D eigenvalue weighted by atomic mass is 32.2. The average Bonchev–Trinajstić information content (AvgIpc) is 3.60. The molecule has 0 spiro atoms. The summed E-state index contributed by atoms with van der Waals surface area (Å²) in [6.45, 7) is 6.89. The third kappa shape index (κ3) is 5.14. The lowest BCUT2D eigenvalue weighted by molar-refractivity contribution is 0.0983. The van der Waals surface area contributed by atoms with Gasteiger partial charge in [0.25, 0.3) is 5.91 Å². The van der Waals surface area contributed by atoms with E-state index >= 15 is 0 Å². The molecule has 0 unspecified atom stereocenters. The van der Waals surface area contributed by atoms with Gasteiger partial charge in [-0.2, -0.15) is 4.31 Å². The molecular weight excluding hydrogens is 475 g/mol. The van der Waals surface area contributed by atoms with Gasteiger partial charge in [0.15, 0.2) is 5.13 Å². The molecule has 4 rings (SSSR count). The molecular formula is C24H29FN4O3S2. The molecule has 0 N–H and O–H groups in total. The monoisotopic (exact) mass is 504 g/mol. The Labute approximate surface area is 203 Å². The number of nitrogens with zero attached hydrogens (tertiary/aromatic N) is 4. The van der Waals surface area contributed by atoms with Crippen molar-refractivity contribution in [1.29, 1.82) is 0 Å². The molecule has 0 radical (unpaired) electrons. The highest BCUT2D eigenvalue weighted by Gasteiger charge is 2.35. The zero-order chi connectivity index (χ0) is 24.5. The molecule has 10 heteroatoms. The highest BCUT2D eigenvalue weighted by molar-refractivity contribution is 7.89. The molecule has 0 aliphatic heterocycles. The zero-order valence-electron chi connectivity index (χ0n) is 19.6. The maximum Gasteiger partial charge on any atom is 0.260 e. The van der Waals surface area contributed by atoms with Crippen molar-refractivity contribution < 1.29 is 17.6 Å². The van der Waals surface area contributed by atoms with E-state index in [-0.39, 0.29) is 22.7 Å². The number of hydrogen-bond acceptors (Lipinski definition) is 6. The summed E-state index contributed by atoms with van der Waals surface area (Å²) < 4.78 is 41.4. The Morgan fingerprint density at radius 1 is 1.09 bits per heavy atom. The zero-order valence-corrected chi connectivity index (χ0v) is 21.2. The number of anilines is 1. The number of hydrogen-bond donors (Lipinski definition) is 0. The predicted octanol–water partition coefficient (Wildman–Crippen LogP) is 4.21. The van der Waals surface area contributed by atoms with Crippen LogP contribution in [0.2, 0.25) is 0 Å². The fourth-order valence-corrected chi connectivity index (χ4v) is 6.22. The van der Waals surface area contributed by atoms with Crippen molar-refractivity contribution in [3.63, 3.8) is 0 Å². The van der Waals surface area contributed by atoms with E-state index in [1.807, 2.05) is 0 Å². The number of amides is 1. The van der Waals surface area contributed by atoms with E-state index in [1.165, 1.54) is 39.9 Å². The van der Waals surface area contributed by atoms with Crippen molar-refractivity contribution in [2.45, 2.75) is 37.6 Å². The second-order valence-corrected chi connectivity index (χ2v) is 11.4. The number of fused-ring (bicyclic) bond motifs is 1. The Kier molecular flexibility index (Phi) is 7.32. The normalized spacial score (nSPS) is 14.3. The van der Waals surface area contributed by atoms with Gasteiger partial charge in [-0.25, -0.2) is 17.8 Å². The molecule has 1 aliphatic rings. The fraction of sp³-hybridized carbons (Fsp3) is 0.417. The fourth-order valence-electron chi connectivity index (χ4n) is 3.79. The van der Waals surface area contributed by atoms with E-state index in [0.29, 0.717) is 34.0 Å². The topological polar surface area (TPSA) is 73.8 Å². The first-order chi connectivity index (χ1) is 16.2. The smallest absolute Gasteiger partial charge is 0.260 e. The molecule has 182 valence electrons. The van der Waals surface area contributed by atoms with Crippen LogP contribution in [0.3, 0.4) is 0 Å². The molecule has 34 heavy (non-hydrogen) atoms. The summed E-state index contributed by atoms with van der Waals surface area (Å²) in [5.41, 5.74) is 1.00. The summed E-state index contributed by atoms with van der Waals surface area (Å²) in [6.07, 6.45) is 1.75. The van der Waals surface area contributed by atoms with E-state index in [9.17, 15) is 17.6 Å². The third-order valence-electron chi connectivity index (χ3n) is 6.19. The van der Waals surface area contributed by atoms with Crippen molar-refractivity contribution in [2.75, 3.05) is 38.1 Å². The van der Waals surface area contributed by atoms with Gasteiger partial charge in [-0.15, -0.1) is 0 Å². The van der Waals surface area contributed by atoms with Crippen LogP contribution in [0.15, 0.2) is 47.4 Å². The SMILES string of the molecule is CCN(CC)CCN(C(=O)c1ccc(S(=O)(=O)N(C)C2CC2)cc1)c1nc2ccc(F)cc2s1. The third-order valence-corrected chi connectivity index (χ3v) is 9.15. The summed E-state index contributed by atoms with van der Waals surface area (Å²) in [4.78, 5) is 22.1. The van der Waals surface area contributed by atoms with Crippen LogP contribution in [0.1, 0.15) is 37.0 Å². The number of likely N-dealkylation sites (N-methyl/N-ethyl adjacent to an activating group) is 1. The molecule has 0 bridgehead atoms. The second-order valence-electron chi connectivity index (χ2n) is 8.37. The standard InChI is InChI=1S/C24H29FN4O3S2/c1-4-28(5-2)14-15-29(24-26-21-13-8-18(25)16-22(21)33-24)23(30)17-6-11-20(12-7-17)34(31,32)27(3)19-9-10-19/h6-8,11-13,16,19H,4-5,9-10,14-15H2,1-3H3. The predicted molar refractivity (Wildman–Crippen MR) is 133 cm³/mol. The van der Waals surface area contributed by atoms with Crippen molar-refractivity contribution >= 4 is 42.6 Å². The van der Waals surface area contributed by atoms with Gasteiger partial charge in [0.2, 0.25) is 10.0 Å². The lowest BCUT2D eigenvalue weighted by Crippen LogP contribution is -2.38. The number of benzene rings is 2. The van der Waals surface area contributed by atoms with Gasteiger partial charge in [0, 0.05) is 31.7 Å². The summed E-state index contributed by atoms with van der Waals surface area (Å²) >= 11 is 1.26. The van der Waals surface area contributed by atoms with E-state index in [2.05, 4.69) is 23.7 Å². The van der Waals surface area contributed by atoms with Gasteiger partial charge in [-0.05, 0) is 68.4 Å². The van der Waals surface area contributed by atoms with E-state index in [1.54, 1.807) is 30.1 Å². The Morgan fingerprint density at radius 3 is 2.38 bits per heavy atom. The summed E-state index contributed by atoms with van der Waals surface area (Å²) in [6, 6.07) is 10.5. The molecule has 1 saturated carbocycles. The maximum atomic E-state index is 13.7. The Hall–Kier alpha value is -2.40. The summed E-state index contributed by atoms with van der Waals surface area (Å²) in [5.74, 6) is -0.622. The molecule has 2 aromatic carbocycles. The minimum absolute atomic E-state index is 0.0609. The molecule has 0 saturated heterocycles. The minimum atomic E-state index is -3.58. The van der Waals surface area contributed by atoms with E-state index < -0.39 is 10.0 Å². The van der Waals surface area contributed by atoms with Crippen LogP contribution >= 0.6 is 11.3 Å². The molecule has 1 amide bonds. The van der Waals surface area contributed by atoms with Gasteiger partial charge in [0.05, 0.1) is 15.1 Å². The highest BCUT2D eigenvalue weighted by Crippen LogP contribution is 2.32. The van der Waals surface area contributed by atoms with Crippen LogP contribution in [0.25, 0.3) is 10.2 Å². The van der Waals surface area contributed by atoms with Crippen LogP contribution in [0, 0.1) is 5.82 Å². The number of sulfonamides is 1. The number of aromatic nitrogens is 1. The van der Waals surface area contributed by atoms with Gasteiger partial charge in [0.1, 0.15) is 5.82 Å². The molecule has 1 aromatic heterocycles. The van der Waals surface area contributed by atoms with Gasteiger partial charge < -0.3 is 4.90 Å². The first-order valence-corrected chi connectivity index (χ1v) is 13.7. The van der Waals surface area contributed by atoms with Crippen molar-refractivity contribution in [2.24, 2.45) is 0 Å². The number of carbonyl (C=O) groups excluding carboxylic acids is 1. The summed E-state index contributed by atoms with van der Waals surface area (Å²) in [7, 11) is -1.99. The molecule has 3 aromatic rings. The van der Waals surface area contributed by atoms with Crippen LogP contribution in [-0.4, -0.2) is 67.8 Å². The largest absolute Gasteiger partial charge is 0.302 e. The molecule has 0 atom stereocenters. The quantitative estimate of drug-likeness (QED) is 0.414. The first-order valence-electron chi connectivity index (χ1n) is 11.4. The first kappa shape index (κ1) is 24.7. The Morgan fingerprint density at radius 2 is 1.76 bits per heavy atom. The van der Waals surface area contributed by atoms with Crippen LogP contribution in [0.5, 0.6) is 0 Å². The molecule has 1 aliphatic carbocycles. The molecule has 1 fully saturated rings. The number of halogens is 1. The second kappa shape index (κ2) is 10.1. The van der Waals surface area contributed by atoms with Crippen LogP contribution < -0.4 is 4.90 Å². The Balaban J connectivity index is 1.62. The minimum Gasteiger partial charge on any atom is -0.302 e. The van der Waals surface area contributed by atoms with E-state index in [4.69, 9.17) is 0 Å². The van der Waals surface area contributed by atoms with Crippen LogP contribution in [0.4, 0.5) is 9.52 Å². The van der Waals surface area contributed by atoms with Crippen molar-refractivity contribution in [1.82, 2.24) is 14.2 Å². The van der Waals surface area contributed by atoms with E-state index in [0.717, 1.165) is 25.9 Å². The van der Waals surface area contributed by atoms with Gasteiger partial charge in [-0.3, -0.25) is 9.69 Å². The molecule has 7 nitrogen and oxygen atoms in total. The van der Waals surface area contributed by atoms with Gasteiger partial charge in [-0.1, -0.05) is 25.2 Å². The summed E-state index contributed by atoms with van der Waals surface area (Å²) in [5, 5.41) is 0.489. The Bertz CT molecular complexity index is 1270. The lowest BCUT2D eigenvalue weighted by atomic mass is 10.2. The van der Waals surface area contributed by atoms with Gasteiger partial charge >= 0.3 is 0 Å². The van der Waals surface area contributed by atoms with Crippen LogP contribution in [-0.2, 0) is 10.0 Å². The number of thiazole rings is 1. The number of carbonyl (C=O) groups is 1. The molecule has 1 heterocycles. The van der Waals surface area contributed by atoms with Crippen molar-refractivity contribution in [3.8, 4) is 0 Å². The average molecular weight is 505 g/mol. The van der Waals surface area contributed by atoms with Crippen molar-refractivity contribution in [3.05, 3.63) is 53.8 Å². The lowest BCUT2D eigenvalue weighted by Gasteiger charge is -2.25.